The van der Waals surface area contributed by atoms with Crippen LogP contribution in [-0.4, -0.2) is 49.2 Å². The van der Waals surface area contributed by atoms with Crippen LogP contribution in [0.15, 0.2) is 12.7 Å². The highest BCUT2D eigenvalue weighted by Gasteiger charge is 2.32. The van der Waals surface area contributed by atoms with Crippen molar-refractivity contribution in [2.24, 2.45) is 0 Å². The first-order valence-corrected chi connectivity index (χ1v) is 5.36. The lowest BCUT2D eigenvalue weighted by molar-refractivity contribution is -0.147. The van der Waals surface area contributed by atoms with Gasteiger partial charge in [0.1, 0.15) is 6.04 Å². The number of carbonyl (C=O) groups is 2. The molecule has 0 spiro atoms. The fourth-order valence-electron chi connectivity index (χ4n) is 1.66. The van der Waals surface area contributed by atoms with E-state index in [0.717, 1.165) is 0 Å². The van der Waals surface area contributed by atoms with Crippen molar-refractivity contribution >= 4 is 11.9 Å². The molecule has 0 bridgehead atoms. The standard InChI is InChI=1S/C11H17NO4/c1-3-6-12(8-10(13)15-4-2)9-5-7-16-11(9)14/h3,9H,1,4-8H2,2H3. The molecule has 5 heteroatoms. The predicted molar refractivity (Wildman–Crippen MR) is 57.8 cm³/mol. The van der Waals surface area contributed by atoms with Crippen LogP contribution in [-0.2, 0) is 19.1 Å². The summed E-state index contributed by atoms with van der Waals surface area (Å²) in [6.45, 7) is 6.68. The zero-order valence-corrected chi connectivity index (χ0v) is 9.48. The number of cyclic esters (lactones) is 1. The minimum atomic E-state index is -0.345. The average molecular weight is 227 g/mol. The molecule has 1 fully saturated rings. The van der Waals surface area contributed by atoms with Gasteiger partial charge in [-0.05, 0) is 6.92 Å². The van der Waals surface area contributed by atoms with Gasteiger partial charge in [0, 0.05) is 13.0 Å². The van der Waals surface area contributed by atoms with Gasteiger partial charge in [-0.15, -0.1) is 6.58 Å². The zero-order chi connectivity index (χ0) is 12.0. The fraction of sp³-hybridized carbons (Fsp3) is 0.636. The van der Waals surface area contributed by atoms with E-state index < -0.39 is 0 Å². The smallest absolute Gasteiger partial charge is 0.323 e. The largest absolute Gasteiger partial charge is 0.465 e. The molecule has 0 saturated carbocycles. The minimum Gasteiger partial charge on any atom is -0.465 e. The van der Waals surface area contributed by atoms with Crippen LogP contribution in [0.25, 0.3) is 0 Å². The van der Waals surface area contributed by atoms with E-state index in [-0.39, 0.29) is 24.5 Å². The molecular formula is C11H17NO4. The van der Waals surface area contributed by atoms with Crippen molar-refractivity contribution in [3.63, 3.8) is 0 Å². The highest BCUT2D eigenvalue weighted by Crippen LogP contribution is 2.13. The first-order valence-electron chi connectivity index (χ1n) is 5.36. The number of esters is 2. The Morgan fingerprint density at radius 1 is 1.75 bits per heavy atom. The Bertz CT molecular complexity index is 277. The maximum absolute atomic E-state index is 11.4. The number of hydrogen-bond acceptors (Lipinski definition) is 5. The van der Waals surface area contributed by atoms with Crippen LogP contribution in [0.4, 0.5) is 0 Å². The van der Waals surface area contributed by atoms with Crippen molar-refractivity contribution < 1.29 is 19.1 Å². The molecule has 0 N–H and O–H groups in total. The molecule has 1 atom stereocenters. The van der Waals surface area contributed by atoms with Crippen molar-refractivity contribution in [3.05, 3.63) is 12.7 Å². The second-order valence-electron chi connectivity index (χ2n) is 3.50. The second kappa shape index (κ2) is 6.27. The van der Waals surface area contributed by atoms with Gasteiger partial charge in [0.15, 0.2) is 0 Å². The lowest BCUT2D eigenvalue weighted by Crippen LogP contribution is -2.42. The van der Waals surface area contributed by atoms with Crippen LogP contribution in [0, 0.1) is 0 Å². The van der Waals surface area contributed by atoms with Crippen molar-refractivity contribution in [2.45, 2.75) is 19.4 Å². The van der Waals surface area contributed by atoms with Gasteiger partial charge in [-0.1, -0.05) is 6.08 Å². The van der Waals surface area contributed by atoms with Crippen molar-refractivity contribution in [2.75, 3.05) is 26.3 Å². The number of rotatable bonds is 6. The van der Waals surface area contributed by atoms with E-state index in [0.29, 0.717) is 26.2 Å². The molecule has 0 radical (unpaired) electrons. The van der Waals surface area contributed by atoms with Gasteiger partial charge in [0.25, 0.3) is 0 Å². The SMILES string of the molecule is C=CCN(CC(=O)OCC)C1CCOC1=O. The summed E-state index contributed by atoms with van der Waals surface area (Å²) in [5.74, 6) is -0.602. The topological polar surface area (TPSA) is 55.8 Å². The summed E-state index contributed by atoms with van der Waals surface area (Å²) in [5.41, 5.74) is 0. The Morgan fingerprint density at radius 3 is 3.00 bits per heavy atom. The van der Waals surface area contributed by atoms with Gasteiger partial charge in [-0.3, -0.25) is 14.5 Å². The zero-order valence-electron chi connectivity index (χ0n) is 9.48. The summed E-state index contributed by atoms with van der Waals surface area (Å²) in [4.78, 5) is 24.4. The summed E-state index contributed by atoms with van der Waals surface area (Å²) >= 11 is 0. The predicted octanol–water partition coefficient (Wildman–Crippen LogP) is 0.353. The van der Waals surface area contributed by atoms with Crippen molar-refractivity contribution in [1.29, 1.82) is 0 Å². The Balaban J connectivity index is 2.55. The second-order valence-corrected chi connectivity index (χ2v) is 3.50. The number of ether oxygens (including phenoxy) is 2. The van der Waals surface area contributed by atoms with Crippen LogP contribution < -0.4 is 0 Å². The summed E-state index contributed by atoms with van der Waals surface area (Å²) in [6, 6.07) is -0.345. The van der Waals surface area contributed by atoms with Gasteiger partial charge in [-0.2, -0.15) is 0 Å². The molecule has 0 aromatic carbocycles. The van der Waals surface area contributed by atoms with Crippen LogP contribution in [0.2, 0.25) is 0 Å². The van der Waals surface area contributed by atoms with Gasteiger partial charge >= 0.3 is 11.9 Å². The van der Waals surface area contributed by atoms with E-state index in [9.17, 15) is 9.59 Å². The van der Waals surface area contributed by atoms with Gasteiger partial charge in [0.2, 0.25) is 0 Å². The number of carbonyl (C=O) groups excluding carboxylic acids is 2. The van der Waals surface area contributed by atoms with Crippen molar-refractivity contribution in [1.82, 2.24) is 4.90 Å². The molecule has 0 aromatic heterocycles. The fourth-order valence-corrected chi connectivity index (χ4v) is 1.66. The molecule has 1 unspecified atom stereocenters. The Kier molecular flexibility index (Phi) is 4.98. The first kappa shape index (κ1) is 12.7. The Labute approximate surface area is 95.0 Å². The van der Waals surface area contributed by atoms with Crippen LogP contribution >= 0.6 is 0 Å². The van der Waals surface area contributed by atoms with E-state index >= 15 is 0 Å². The normalized spacial score (nSPS) is 19.6. The maximum atomic E-state index is 11.4. The molecular weight excluding hydrogens is 210 g/mol. The number of hydrogen-bond donors (Lipinski definition) is 0. The van der Waals surface area contributed by atoms with E-state index in [2.05, 4.69) is 6.58 Å². The van der Waals surface area contributed by atoms with Gasteiger partial charge in [-0.25, -0.2) is 0 Å². The molecule has 1 aliphatic rings. The Morgan fingerprint density at radius 2 is 2.50 bits per heavy atom. The van der Waals surface area contributed by atoms with E-state index in [1.54, 1.807) is 17.9 Å². The first-order chi connectivity index (χ1) is 7.69. The third-order valence-electron chi connectivity index (χ3n) is 2.35. The van der Waals surface area contributed by atoms with E-state index in [1.807, 2.05) is 0 Å². The maximum Gasteiger partial charge on any atom is 0.323 e. The molecule has 90 valence electrons. The van der Waals surface area contributed by atoms with Crippen LogP contribution in [0.3, 0.4) is 0 Å². The lowest BCUT2D eigenvalue weighted by atomic mass is 10.2. The van der Waals surface area contributed by atoms with Crippen molar-refractivity contribution in [3.8, 4) is 0 Å². The molecule has 1 heterocycles. The lowest BCUT2D eigenvalue weighted by Gasteiger charge is -2.23. The molecule has 0 aromatic rings. The van der Waals surface area contributed by atoms with Crippen LogP contribution in [0.1, 0.15) is 13.3 Å². The average Bonchev–Trinajstić information content (AvgIpc) is 2.64. The molecule has 5 nitrogen and oxygen atoms in total. The molecule has 0 aliphatic carbocycles. The number of nitrogens with zero attached hydrogens (tertiary/aromatic N) is 1. The molecule has 1 aliphatic heterocycles. The summed E-state index contributed by atoms with van der Waals surface area (Å²) in [5, 5.41) is 0. The third kappa shape index (κ3) is 3.34. The molecule has 1 rings (SSSR count). The third-order valence-corrected chi connectivity index (χ3v) is 2.35. The Hall–Kier alpha value is -1.36. The quantitative estimate of drug-likeness (QED) is 0.484. The summed E-state index contributed by atoms with van der Waals surface area (Å²) < 4.78 is 9.71. The summed E-state index contributed by atoms with van der Waals surface area (Å²) in [6.07, 6.45) is 2.27. The van der Waals surface area contributed by atoms with Gasteiger partial charge in [0.05, 0.1) is 19.8 Å². The van der Waals surface area contributed by atoms with Gasteiger partial charge < -0.3 is 9.47 Å². The monoisotopic (exact) mass is 227 g/mol. The molecule has 0 amide bonds. The van der Waals surface area contributed by atoms with E-state index in [1.165, 1.54) is 0 Å². The highest BCUT2D eigenvalue weighted by atomic mass is 16.5. The minimum absolute atomic E-state index is 0.0969. The van der Waals surface area contributed by atoms with E-state index in [4.69, 9.17) is 9.47 Å². The summed E-state index contributed by atoms with van der Waals surface area (Å²) in [7, 11) is 0. The highest BCUT2D eigenvalue weighted by molar-refractivity contribution is 5.79. The molecule has 16 heavy (non-hydrogen) atoms. The van der Waals surface area contributed by atoms with Crippen LogP contribution in [0.5, 0.6) is 0 Å². The molecule has 1 saturated heterocycles.